The van der Waals surface area contributed by atoms with Gasteiger partial charge in [-0.25, -0.2) is 0 Å². The summed E-state index contributed by atoms with van der Waals surface area (Å²) in [6, 6.07) is 1.64. The first-order chi connectivity index (χ1) is 6.89. The number of nitrogens with zero attached hydrogens (tertiary/aromatic N) is 2. The molecule has 0 aromatic heterocycles. The van der Waals surface area contributed by atoms with Crippen molar-refractivity contribution in [3.63, 3.8) is 0 Å². The first-order valence-corrected chi connectivity index (χ1v) is 6.40. The Kier molecular flexibility index (Phi) is 2.85. The van der Waals surface area contributed by atoms with Crippen LogP contribution < -0.4 is 0 Å². The summed E-state index contributed by atoms with van der Waals surface area (Å²) >= 11 is 0. The average Bonchev–Trinajstić information content (AvgIpc) is 2.03. The van der Waals surface area contributed by atoms with E-state index in [4.69, 9.17) is 0 Å². The molecule has 0 spiro atoms. The molecule has 15 heavy (non-hydrogen) atoms. The maximum absolute atomic E-state index is 2.67. The van der Waals surface area contributed by atoms with E-state index in [1.165, 1.54) is 26.1 Å². The Morgan fingerprint density at radius 3 is 2.27 bits per heavy atom. The summed E-state index contributed by atoms with van der Waals surface area (Å²) in [5, 5.41) is 0. The van der Waals surface area contributed by atoms with Crippen molar-refractivity contribution < 1.29 is 0 Å². The van der Waals surface area contributed by atoms with Crippen LogP contribution in [0.2, 0.25) is 0 Å². The second-order valence-electron chi connectivity index (χ2n) is 6.52. The van der Waals surface area contributed by atoms with Gasteiger partial charge in [-0.1, -0.05) is 0 Å². The quantitative estimate of drug-likeness (QED) is 0.654. The third-order valence-corrected chi connectivity index (χ3v) is 4.18. The van der Waals surface area contributed by atoms with Crippen LogP contribution in [-0.4, -0.2) is 47.1 Å². The molecule has 2 nitrogen and oxygen atoms in total. The zero-order chi connectivity index (χ0) is 11.2. The van der Waals surface area contributed by atoms with Crippen molar-refractivity contribution >= 4 is 0 Å². The van der Waals surface area contributed by atoms with Gasteiger partial charge in [-0.3, -0.25) is 9.80 Å². The highest BCUT2D eigenvalue weighted by atomic mass is 15.3. The molecular weight excluding hydrogens is 184 g/mol. The van der Waals surface area contributed by atoms with Gasteiger partial charge in [0.1, 0.15) is 0 Å². The van der Waals surface area contributed by atoms with E-state index in [1.807, 2.05) is 0 Å². The molecule has 2 heterocycles. The predicted molar refractivity (Wildman–Crippen MR) is 65.1 cm³/mol. The van der Waals surface area contributed by atoms with E-state index < -0.39 is 0 Å². The van der Waals surface area contributed by atoms with Gasteiger partial charge in [0.05, 0.1) is 0 Å². The van der Waals surface area contributed by atoms with Crippen LogP contribution in [0.3, 0.4) is 0 Å². The zero-order valence-corrected chi connectivity index (χ0v) is 11.0. The fourth-order valence-corrected chi connectivity index (χ4v) is 3.11. The summed E-state index contributed by atoms with van der Waals surface area (Å²) in [6.07, 6.45) is 1.38. The number of piperidine rings is 1. The van der Waals surface area contributed by atoms with Crippen molar-refractivity contribution in [2.75, 3.05) is 19.6 Å². The first-order valence-electron chi connectivity index (χ1n) is 6.40. The molecule has 2 rings (SSSR count). The van der Waals surface area contributed by atoms with Crippen LogP contribution in [0.25, 0.3) is 0 Å². The van der Waals surface area contributed by atoms with Crippen molar-refractivity contribution in [3.8, 4) is 0 Å². The van der Waals surface area contributed by atoms with Gasteiger partial charge in [0.25, 0.3) is 0 Å². The molecule has 2 atom stereocenters. The van der Waals surface area contributed by atoms with Crippen LogP contribution in [0.4, 0.5) is 0 Å². The lowest BCUT2D eigenvalue weighted by Crippen LogP contribution is -2.66. The highest BCUT2D eigenvalue weighted by molar-refractivity contribution is 4.99. The van der Waals surface area contributed by atoms with Crippen LogP contribution in [0.5, 0.6) is 0 Å². The summed E-state index contributed by atoms with van der Waals surface area (Å²) in [5.41, 5.74) is 0.364. The molecule has 2 fully saturated rings. The molecule has 2 aliphatic rings. The Hall–Kier alpha value is -0.0800. The van der Waals surface area contributed by atoms with Gasteiger partial charge in [0.2, 0.25) is 0 Å². The molecule has 0 aliphatic carbocycles. The van der Waals surface area contributed by atoms with Crippen molar-refractivity contribution in [2.45, 2.75) is 58.7 Å². The first kappa shape index (κ1) is 11.4. The number of rotatable bonds is 1. The van der Waals surface area contributed by atoms with Crippen molar-refractivity contribution in [1.82, 2.24) is 9.80 Å². The third-order valence-electron chi connectivity index (χ3n) is 4.18. The maximum atomic E-state index is 2.67. The minimum atomic E-state index is 0.364. The normalized spacial score (nSPS) is 34.0. The van der Waals surface area contributed by atoms with Crippen molar-refractivity contribution in [1.29, 1.82) is 0 Å². The van der Waals surface area contributed by atoms with Crippen LogP contribution in [0, 0.1) is 5.92 Å². The fourth-order valence-electron chi connectivity index (χ4n) is 3.11. The molecule has 0 amide bonds. The summed E-state index contributed by atoms with van der Waals surface area (Å²) in [5.74, 6) is 0.945. The smallest absolute Gasteiger partial charge is 0.0163 e. The van der Waals surface area contributed by atoms with Crippen LogP contribution in [0.15, 0.2) is 0 Å². The largest absolute Gasteiger partial charge is 0.298 e. The number of hydrogen-bond acceptors (Lipinski definition) is 2. The van der Waals surface area contributed by atoms with Crippen molar-refractivity contribution in [3.05, 3.63) is 0 Å². The molecule has 0 saturated carbocycles. The van der Waals surface area contributed by atoms with E-state index in [2.05, 4.69) is 44.4 Å². The number of likely N-dealkylation sites (tertiary alicyclic amines) is 2. The molecule has 0 N–H and O–H groups in total. The molecule has 0 radical (unpaired) electrons. The van der Waals surface area contributed by atoms with Gasteiger partial charge in [0.15, 0.2) is 0 Å². The van der Waals surface area contributed by atoms with Gasteiger partial charge >= 0.3 is 0 Å². The van der Waals surface area contributed by atoms with Gasteiger partial charge in [-0.2, -0.15) is 0 Å². The summed E-state index contributed by atoms with van der Waals surface area (Å²) in [4.78, 5) is 5.33. The van der Waals surface area contributed by atoms with E-state index in [9.17, 15) is 0 Å². The van der Waals surface area contributed by atoms with Crippen LogP contribution in [0.1, 0.15) is 41.0 Å². The Morgan fingerprint density at radius 1 is 1.13 bits per heavy atom. The molecule has 0 aromatic carbocycles. The monoisotopic (exact) mass is 210 g/mol. The molecule has 2 unspecified atom stereocenters. The summed E-state index contributed by atoms with van der Waals surface area (Å²) in [7, 11) is 0. The molecule has 0 aromatic rings. The van der Waals surface area contributed by atoms with E-state index in [-0.39, 0.29) is 0 Å². The SMILES string of the molecule is CC(C)N1CC2CN(C(C)(C)C)CCC21. The highest BCUT2D eigenvalue weighted by Gasteiger charge is 2.44. The average molecular weight is 210 g/mol. The third kappa shape index (κ3) is 2.07. The second kappa shape index (κ2) is 3.74. The zero-order valence-electron chi connectivity index (χ0n) is 11.0. The predicted octanol–water partition coefficient (Wildman–Crippen LogP) is 2.20. The van der Waals surface area contributed by atoms with E-state index in [1.54, 1.807) is 0 Å². The lowest BCUT2D eigenvalue weighted by atomic mass is 9.80. The summed E-state index contributed by atoms with van der Waals surface area (Å²) < 4.78 is 0. The Labute approximate surface area is 94.6 Å². The summed E-state index contributed by atoms with van der Waals surface area (Å²) in [6.45, 7) is 15.6. The van der Waals surface area contributed by atoms with E-state index in [0.717, 1.165) is 18.0 Å². The maximum Gasteiger partial charge on any atom is 0.0163 e. The minimum absolute atomic E-state index is 0.364. The van der Waals surface area contributed by atoms with Gasteiger partial charge in [0, 0.05) is 37.3 Å². The van der Waals surface area contributed by atoms with E-state index in [0.29, 0.717) is 5.54 Å². The highest BCUT2D eigenvalue weighted by Crippen LogP contribution is 2.35. The lowest BCUT2D eigenvalue weighted by Gasteiger charge is -2.57. The van der Waals surface area contributed by atoms with E-state index >= 15 is 0 Å². The minimum Gasteiger partial charge on any atom is -0.298 e. The molecule has 88 valence electrons. The molecule has 2 heteroatoms. The molecule has 2 saturated heterocycles. The second-order valence-corrected chi connectivity index (χ2v) is 6.52. The van der Waals surface area contributed by atoms with Gasteiger partial charge < -0.3 is 0 Å². The van der Waals surface area contributed by atoms with Crippen LogP contribution in [-0.2, 0) is 0 Å². The topological polar surface area (TPSA) is 6.48 Å². The molecular formula is C13H26N2. The number of hydrogen-bond donors (Lipinski definition) is 0. The lowest BCUT2D eigenvalue weighted by molar-refractivity contribution is -0.0797. The fraction of sp³-hybridized carbons (Fsp3) is 1.00. The standard InChI is InChI=1S/C13H26N2/c1-10(2)15-9-11-8-14(13(3,4)5)7-6-12(11)15/h10-12H,6-9H2,1-5H3. The van der Waals surface area contributed by atoms with Gasteiger partial charge in [-0.15, -0.1) is 0 Å². The van der Waals surface area contributed by atoms with Crippen molar-refractivity contribution in [2.24, 2.45) is 5.92 Å². The Morgan fingerprint density at radius 2 is 1.80 bits per heavy atom. The Bertz CT molecular complexity index is 229. The molecule has 2 aliphatic heterocycles. The van der Waals surface area contributed by atoms with Gasteiger partial charge in [-0.05, 0) is 47.0 Å². The number of fused-ring (bicyclic) bond motifs is 1. The molecule has 0 bridgehead atoms. The van der Waals surface area contributed by atoms with Crippen LogP contribution >= 0.6 is 0 Å². The Balaban J connectivity index is 1.91.